The average molecular weight is 276 g/mol. The summed E-state index contributed by atoms with van der Waals surface area (Å²) in [5, 5.41) is 8.92. The highest BCUT2D eigenvalue weighted by atomic mass is 16.5. The van der Waals surface area contributed by atoms with E-state index < -0.39 is 5.97 Å². The fourth-order valence-electron chi connectivity index (χ4n) is 2.88. The number of carboxylic acids is 1. The molecule has 1 aromatic rings. The van der Waals surface area contributed by atoms with E-state index in [4.69, 9.17) is 9.84 Å². The van der Waals surface area contributed by atoms with Gasteiger partial charge in [0.05, 0.1) is 11.7 Å². The molecule has 0 spiro atoms. The van der Waals surface area contributed by atoms with Gasteiger partial charge in [0, 0.05) is 6.61 Å². The van der Waals surface area contributed by atoms with Gasteiger partial charge in [0.2, 0.25) is 0 Å². The fourth-order valence-corrected chi connectivity index (χ4v) is 2.88. The number of hydrogen-bond acceptors (Lipinski definition) is 2. The monoisotopic (exact) mass is 276 g/mol. The molecule has 110 valence electrons. The molecule has 0 amide bonds. The van der Waals surface area contributed by atoms with Crippen molar-refractivity contribution in [2.45, 2.75) is 51.6 Å². The number of aromatic carboxylic acids is 1. The van der Waals surface area contributed by atoms with Crippen LogP contribution < -0.4 is 0 Å². The Balaban J connectivity index is 1.92. The van der Waals surface area contributed by atoms with Crippen LogP contribution in [0.15, 0.2) is 24.3 Å². The second kappa shape index (κ2) is 7.44. The molecule has 1 N–H and O–H groups in total. The Hall–Kier alpha value is -1.35. The number of rotatable bonds is 6. The van der Waals surface area contributed by atoms with Crippen molar-refractivity contribution in [3.05, 3.63) is 35.4 Å². The van der Waals surface area contributed by atoms with E-state index in [1.54, 1.807) is 12.1 Å². The SMILES string of the molecule is CCCCCC1CCOC(c2ccc(C(=O)O)cc2)C1. The topological polar surface area (TPSA) is 46.5 Å². The summed E-state index contributed by atoms with van der Waals surface area (Å²) >= 11 is 0. The molecule has 0 aliphatic carbocycles. The molecule has 1 heterocycles. The van der Waals surface area contributed by atoms with Gasteiger partial charge in [-0.3, -0.25) is 0 Å². The summed E-state index contributed by atoms with van der Waals surface area (Å²) in [7, 11) is 0. The third-order valence-corrected chi connectivity index (χ3v) is 4.14. The summed E-state index contributed by atoms with van der Waals surface area (Å²) in [6, 6.07) is 7.12. The molecule has 20 heavy (non-hydrogen) atoms. The summed E-state index contributed by atoms with van der Waals surface area (Å²) in [6.07, 6.45) is 7.55. The Kier molecular flexibility index (Phi) is 5.60. The van der Waals surface area contributed by atoms with Gasteiger partial charge in [-0.2, -0.15) is 0 Å². The Morgan fingerprint density at radius 3 is 2.70 bits per heavy atom. The summed E-state index contributed by atoms with van der Waals surface area (Å²) in [5.74, 6) is -0.127. The highest BCUT2D eigenvalue weighted by Gasteiger charge is 2.23. The first-order valence-corrected chi connectivity index (χ1v) is 7.65. The highest BCUT2D eigenvalue weighted by molar-refractivity contribution is 5.87. The molecule has 1 fully saturated rings. The standard InChI is InChI=1S/C17H24O3/c1-2-3-4-5-13-10-11-20-16(12-13)14-6-8-15(9-7-14)17(18)19/h6-9,13,16H,2-5,10-12H2,1H3,(H,18,19). The van der Waals surface area contributed by atoms with Crippen molar-refractivity contribution in [2.75, 3.05) is 6.61 Å². The van der Waals surface area contributed by atoms with Crippen LogP contribution in [0.2, 0.25) is 0 Å². The van der Waals surface area contributed by atoms with Gasteiger partial charge < -0.3 is 9.84 Å². The third kappa shape index (κ3) is 4.07. The third-order valence-electron chi connectivity index (χ3n) is 4.14. The van der Waals surface area contributed by atoms with Crippen molar-refractivity contribution in [3.8, 4) is 0 Å². The normalized spacial score (nSPS) is 22.6. The van der Waals surface area contributed by atoms with E-state index in [-0.39, 0.29) is 6.10 Å². The van der Waals surface area contributed by atoms with Gasteiger partial charge in [0.25, 0.3) is 0 Å². The van der Waals surface area contributed by atoms with Gasteiger partial charge in [0.15, 0.2) is 0 Å². The Morgan fingerprint density at radius 2 is 2.05 bits per heavy atom. The number of ether oxygens (including phenoxy) is 1. The van der Waals surface area contributed by atoms with Crippen LogP contribution >= 0.6 is 0 Å². The van der Waals surface area contributed by atoms with E-state index in [0.29, 0.717) is 5.56 Å². The van der Waals surface area contributed by atoms with E-state index in [1.807, 2.05) is 12.1 Å². The number of carboxylic acid groups (broad SMARTS) is 1. The number of hydrogen-bond donors (Lipinski definition) is 1. The molecular weight excluding hydrogens is 252 g/mol. The van der Waals surface area contributed by atoms with Gasteiger partial charge in [-0.1, -0.05) is 44.7 Å². The lowest BCUT2D eigenvalue weighted by Crippen LogP contribution is -2.20. The Labute approximate surface area is 121 Å². The molecule has 3 heteroatoms. The molecule has 3 nitrogen and oxygen atoms in total. The molecule has 2 rings (SSSR count). The zero-order valence-electron chi connectivity index (χ0n) is 12.2. The Bertz CT molecular complexity index is 424. The smallest absolute Gasteiger partial charge is 0.335 e. The molecule has 1 saturated heterocycles. The summed E-state index contributed by atoms with van der Waals surface area (Å²) in [4.78, 5) is 10.9. The summed E-state index contributed by atoms with van der Waals surface area (Å²) in [5.41, 5.74) is 1.44. The summed E-state index contributed by atoms with van der Waals surface area (Å²) < 4.78 is 5.85. The molecule has 0 saturated carbocycles. The molecule has 1 aliphatic rings. The van der Waals surface area contributed by atoms with Crippen molar-refractivity contribution < 1.29 is 14.6 Å². The molecule has 2 unspecified atom stereocenters. The van der Waals surface area contributed by atoms with Gasteiger partial charge >= 0.3 is 5.97 Å². The van der Waals surface area contributed by atoms with Gasteiger partial charge in [-0.15, -0.1) is 0 Å². The van der Waals surface area contributed by atoms with E-state index in [2.05, 4.69) is 6.92 Å². The maximum atomic E-state index is 10.9. The number of carbonyl (C=O) groups is 1. The lowest BCUT2D eigenvalue weighted by Gasteiger charge is -2.30. The maximum Gasteiger partial charge on any atom is 0.335 e. The van der Waals surface area contributed by atoms with Crippen molar-refractivity contribution >= 4 is 5.97 Å². The predicted octanol–water partition coefficient (Wildman–Crippen LogP) is 4.43. The number of benzene rings is 1. The summed E-state index contributed by atoms with van der Waals surface area (Å²) in [6.45, 7) is 3.05. The molecule has 0 aromatic heterocycles. The van der Waals surface area contributed by atoms with Gasteiger partial charge in [-0.05, 0) is 36.5 Å². The quantitative estimate of drug-likeness (QED) is 0.782. The van der Waals surface area contributed by atoms with E-state index in [1.165, 1.54) is 25.7 Å². The maximum absolute atomic E-state index is 10.9. The minimum Gasteiger partial charge on any atom is -0.478 e. The molecule has 0 bridgehead atoms. The van der Waals surface area contributed by atoms with Gasteiger partial charge in [0.1, 0.15) is 0 Å². The van der Waals surface area contributed by atoms with Crippen LogP contribution in [0.1, 0.15) is 67.5 Å². The highest BCUT2D eigenvalue weighted by Crippen LogP contribution is 2.34. The second-order valence-electron chi connectivity index (χ2n) is 5.67. The molecule has 2 atom stereocenters. The minimum atomic E-state index is -0.876. The predicted molar refractivity (Wildman–Crippen MR) is 79.0 cm³/mol. The first-order valence-electron chi connectivity index (χ1n) is 7.65. The second-order valence-corrected chi connectivity index (χ2v) is 5.67. The van der Waals surface area contributed by atoms with Crippen molar-refractivity contribution in [1.82, 2.24) is 0 Å². The van der Waals surface area contributed by atoms with Crippen LogP contribution in [0.4, 0.5) is 0 Å². The lowest BCUT2D eigenvalue weighted by atomic mass is 9.88. The van der Waals surface area contributed by atoms with Crippen LogP contribution in [-0.2, 0) is 4.74 Å². The minimum absolute atomic E-state index is 0.137. The first kappa shape index (κ1) is 15.0. The zero-order chi connectivity index (χ0) is 14.4. The average Bonchev–Trinajstić information content (AvgIpc) is 2.48. The van der Waals surface area contributed by atoms with Crippen LogP contribution in [0.25, 0.3) is 0 Å². The van der Waals surface area contributed by atoms with Crippen molar-refractivity contribution in [1.29, 1.82) is 0 Å². The van der Waals surface area contributed by atoms with E-state index in [0.717, 1.165) is 30.9 Å². The first-order chi connectivity index (χ1) is 9.70. The van der Waals surface area contributed by atoms with Crippen LogP contribution in [0.3, 0.4) is 0 Å². The lowest BCUT2D eigenvalue weighted by molar-refractivity contribution is -0.0125. The van der Waals surface area contributed by atoms with E-state index in [9.17, 15) is 4.79 Å². The van der Waals surface area contributed by atoms with Crippen LogP contribution in [0, 0.1) is 5.92 Å². The molecule has 1 aliphatic heterocycles. The Morgan fingerprint density at radius 1 is 1.30 bits per heavy atom. The molecule has 0 radical (unpaired) electrons. The van der Waals surface area contributed by atoms with Gasteiger partial charge in [-0.25, -0.2) is 4.79 Å². The van der Waals surface area contributed by atoms with Crippen molar-refractivity contribution in [2.24, 2.45) is 5.92 Å². The van der Waals surface area contributed by atoms with Crippen molar-refractivity contribution in [3.63, 3.8) is 0 Å². The number of unbranched alkanes of at least 4 members (excludes halogenated alkanes) is 2. The zero-order valence-corrected chi connectivity index (χ0v) is 12.2. The van der Waals surface area contributed by atoms with Crippen LogP contribution in [0.5, 0.6) is 0 Å². The fraction of sp³-hybridized carbons (Fsp3) is 0.588. The van der Waals surface area contributed by atoms with Crippen LogP contribution in [-0.4, -0.2) is 17.7 Å². The molecular formula is C17H24O3. The largest absolute Gasteiger partial charge is 0.478 e. The molecule has 1 aromatic carbocycles. The van der Waals surface area contributed by atoms with E-state index >= 15 is 0 Å².